The van der Waals surface area contributed by atoms with Crippen molar-refractivity contribution in [2.75, 3.05) is 13.7 Å². The van der Waals surface area contributed by atoms with Gasteiger partial charge in [-0.3, -0.25) is 18.9 Å². The highest BCUT2D eigenvalue weighted by molar-refractivity contribution is 8.26. The van der Waals surface area contributed by atoms with Crippen molar-refractivity contribution in [3.63, 3.8) is 0 Å². The number of fused-ring (bicyclic) bond motifs is 1. The number of carbonyl (C=O) groups excluding carboxylic acids is 1. The first-order valence-electron chi connectivity index (χ1n) is 12.0. The number of thiocarbonyl (C=S) groups is 1. The molecule has 1 amide bonds. The third-order valence-corrected chi connectivity index (χ3v) is 8.53. The minimum atomic E-state index is -0.225. The highest BCUT2D eigenvalue weighted by Crippen LogP contribution is 2.35. The van der Waals surface area contributed by atoms with Crippen molar-refractivity contribution in [3.05, 3.63) is 104 Å². The SMILES string of the molecule is COc1ccc(CCN2C(=O)/C(=C\c3c(Sc4ccc(C)cc4)nc4ccc(C)cn4c3=O)SC2=S)cc1. The first-order valence-corrected chi connectivity index (χ1v) is 14.0. The van der Waals surface area contributed by atoms with E-state index in [1.54, 1.807) is 24.3 Å². The second kappa shape index (κ2) is 11.1. The van der Waals surface area contributed by atoms with Gasteiger partial charge in [-0.25, -0.2) is 4.98 Å². The lowest BCUT2D eigenvalue weighted by atomic mass is 10.1. The van der Waals surface area contributed by atoms with Crippen LogP contribution >= 0.6 is 35.7 Å². The standard InChI is InChI=1S/C29H25N3O3S3/c1-18-4-11-22(12-5-18)37-26-23(27(33)32-17-19(2)6-13-25(32)30-26)16-24-28(34)31(29(36)38-24)15-14-20-7-9-21(35-3)10-8-20/h4-13,16-17H,14-15H2,1-3H3/b24-16+. The molecule has 0 radical (unpaired) electrons. The van der Waals surface area contributed by atoms with E-state index in [2.05, 4.69) is 0 Å². The summed E-state index contributed by atoms with van der Waals surface area (Å²) in [5.74, 6) is 0.584. The first-order chi connectivity index (χ1) is 18.3. The van der Waals surface area contributed by atoms with Crippen LogP contribution in [-0.4, -0.2) is 38.2 Å². The third kappa shape index (κ3) is 5.55. The molecule has 0 saturated carbocycles. The van der Waals surface area contributed by atoms with Crippen LogP contribution in [0.25, 0.3) is 11.7 Å². The van der Waals surface area contributed by atoms with Crippen molar-refractivity contribution in [2.24, 2.45) is 0 Å². The molecule has 3 heterocycles. The fourth-order valence-corrected chi connectivity index (χ4v) is 6.20. The lowest BCUT2D eigenvalue weighted by Gasteiger charge is -2.14. The number of hydrogen-bond donors (Lipinski definition) is 0. The molecule has 2 aromatic heterocycles. The number of pyridine rings is 1. The van der Waals surface area contributed by atoms with Crippen molar-refractivity contribution in [1.29, 1.82) is 0 Å². The minimum Gasteiger partial charge on any atom is -0.497 e. The topological polar surface area (TPSA) is 63.9 Å². The highest BCUT2D eigenvalue weighted by atomic mass is 32.2. The normalized spacial score (nSPS) is 14.6. The quantitative estimate of drug-likeness (QED) is 0.158. The third-order valence-electron chi connectivity index (χ3n) is 6.14. The molecule has 1 aliphatic heterocycles. The van der Waals surface area contributed by atoms with Crippen LogP contribution < -0.4 is 10.3 Å². The van der Waals surface area contributed by atoms with E-state index in [1.807, 2.05) is 74.5 Å². The number of benzene rings is 2. The predicted molar refractivity (Wildman–Crippen MR) is 158 cm³/mol. The monoisotopic (exact) mass is 559 g/mol. The van der Waals surface area contributed by atoms with Crippen LogP contribution in [0.1, 0.15) is 22.3 Å². The van der Waals surface area contributed by atoms with Crippen molar-refractivity contribution >= 4 is 57.7 Å². The maximum Gasteiger partial charge on any atom is 0.266 e. The summed E-state index contributed by atoms with van der Waals surface area (Å²) in [4.78, 5) is 34.8. The zero-order chi connectivity index (χ0) is 26.8. The molecule has 1 aliphatic rings. The molecule has 6 nitrogen and oxygen atoms in total. The smallest absolute Gasteiger partial charge is 0.266 e. The van der Waals surface area contributed by atoms with Gasteiger partial charge in [-0.05, 0) is 67.8 Å². The molecular weight excluding hydrogens is 535 g/mol. The van der Waals surface area contributed by atoms with Crippen LogP contribution in [0.2, 0.25) is 0 Å². The van der Waals surface area contributed by atoms with Crippen molar-refractivity contribution in [3.8, 4) is 5.75 Å². The summed E-state index contributed by atoms with van der Waals surface area (Å²) >= 11 is 8.17. The van der Waals surface area contributed by atoms with Gasteiger partial charge in [0.1, 0.15) is 20.7 Å². The lowest BCUT2D eigenvalue weighted by molar-refractivity contribution is -0.122. The zero-order valence-electron chi connectivity index (χ0n) is 21.1. The fourth-order valence-electron chi connectivity index (χ4n) is 4.01. The van der Waals surface area contributed by atoms with E-state index >= 15 is 0 Å². The van der Waals surface area contributed by atoms with Crippen LogP contribution in [0.3, 0.4) is 0 Å². The number of amides is 1. The molecule has 192 valence electrons. The van der Waals surface area contributed by atoms with Gasteiger partial charge in [0, 0.05) is 17.6 Å². The molecule has 38 heavy (non-hydrogen) atoms. The zero-order valence-corrected chi connectivity index (χ0v) is 23.6. The maximum atomic E-state index is 13.7. The number of carbonyl (C=O) groups is 1. The number of methoxy groups -OCH3 is 1. The molecule has 1 fully saturated rings. The number of nitrogens with zero attached hydrogens (tertiary/aromatic N) is 3. The van der Waals surface area contributed by atoms with E-state index < -0.39 is 0 Å². The van der Waals surface area contributed by atoms with Gasteiger partial charge in [-0.15, -0.1) is 0 Å². The van der Waals surface area contributed by atoms with Crippen LogP contribution in [-0.2, 0) is 11.2 Å². The Bertz CT molecular complexity index is 1630. The number of rotatable bonds is 7. The van der Waals surface area contributed by atoms with Gasteiger partial charge in [0.2, 0.25) is 0 Å². The van der Waals surface area contributed by atoms with E-state index in [0.717, 1.165) is 27.3 Å². The predicted octanol–water partition coefficient (Wildman–Crippen LogP) is 5.92. The van der Waals surface area contributed by atoms with E-state index in [9.17, 15) is 9.59 Å². The molecule has 2 aromatic carbocycles. The van der Waals surface area contributed by atoms with E-state index in [4.69, 9.17) is 21.9 Å². The average Bonchev–Trinajstić information content (AvgIpc) is 3.18. The molecule has 0 bridgehead atoms. The Kier molecular flexibility index (Phi) is 7.69. The largest absolute Gasteiger partial charge is 0.497 e. The van der Waals surface area contributed by atoms with E-state index in [-0.39, 0.29) is 11.5 Å². The second-order valence-corrected chi connectivity index (χ2v) is 11.7. The summed E-state index contributed by atoms with van der Waals surface area (Å²) in [5.41, 5.74) is 3.87. The highest BCUT2D eigenvalue weighted by Gasteiger charge is 2.32. The van der Waals surface area contributed by atoms with Gasteiger partial charge >= 0.3 is 0 Å². The average molecular weight is 560 g/mol. The maximum absolute atomic E-state index is 13.7. The summed E-state index contributed by atoms with van der Waals surface area (Å²) in [7, 11) is 1.63. The van der Waals surface area contributed by atoms with E-state index in [0.29, 0.717) is 38.4 Å². The Balaban J connectivity index is 1.48. The van der Waals surface area contributed by atoms with Crippen molar-refractivity contribution in [2.45, 2.75) is 30.2 Å². The summed E-state index contributed by atoms with van der Waals surface area (Å²) in [6.45, 7) is 4.40. The Labute approximate surface area is 234 Å². The van der Waals surface area contributed by atoms with Crippen LogP contribution in [0, 0.1) is 13.8 Å². The molecule has 0 unspecified atom stereocenters. The van der Waals surface area contributed by atoms with Crippen molar-refractivity contribution < 1.29 is 9.53 Å². The van der Waals surface area contributed by atoms with E-state index in [1.165, 1.54) is 27.9 Å². The molecule has 0 aliphatic carbocycles. The molecular formula is C29H25N3O3S3. The van der Waals surface area contributed by atoms with Gasteiger partial charge in [0.05, 0.1) is 17.6 Å². The van der Waals surface area contributed by atoms with Gasteiger partial charge in [-0.2, -0.15) is 0 Å². The van der Waals surface area contributed by atoms with Gasteiger partial charge < -0.3 is 4.74 Å². The Morgan fingerprint density at radius 3 is 2.42 bits per heavy atom. The molecule has 5 rings (SSSR count). The Morgan fingerprint density at radius 2 is 1.71 bits per heavy atom. The summed E-state index contributed by atoms with van der Waals surface area (Å²) in [6.07, 6.45) is 4.06. The first kappa shape index (κ1) is 26.2. The molecule has 4 aromatic rings. The summed E-state index contributed by atoms with van der Waals surface area (Å²) < 4.78 is 7.23. The summed E-state index contributed by atoms with van der Waals surface area (Å²) in [5, 5.41) is 0.547. The number of ether oxygens (including phenoxy) is 1. The lowest BCUT2D eigenvalue weighted by Crippen LogP contribution is -2.30. The number of thioether (sulfide) groups is 1. The number of aryl methyl sites for hydroxylation is 2. The molecule has 0 N–H and O–H groups in total. The Morgan fingerprint density at radius 1 is 1.00 bits per heavy atom. The Hall–Kier alpha value is -3.40. The molecule has 0 atom stereocenters. The molecule has 0 spiro atoms. The summed E-state index contributed by atoms with van der Waals surface area (Å²) in [6, 6.07) is 19.6. The van der Waals surface area contributed by atoms with Gasteiger partial charge in [0.25, 0.3) is 11.5 Å². The molecule has 9 heteroatoms. The van der Waals surface area contributed by atoms with Gasteiger partial charge in [0.15, 0.2) is 0 Å². The van der Waals surface area contributed by atoms with Crippen LogP contribution in [0.5, 0.6) is 5.75 Å². The van der Waals surface area contributed by atoms with Crippen LogP contribution in [0.4, 0.5) is 0 Å². The fraction of sp³-hybridized carbons (Fsp3) is 0.172. The number of hydrogen-bond acceptors (Lipinski definition) is 7. The van der Waals surface area contributed by atoms with Gasteiger partial charge in [-0.1, -0.05) is 71.6 Å². The van der Waals surface area contributed by atoms with Crippen molar-refractivity contribution in [1.82, 2.24) is 14.3 Å². The van der Waals surface area contributed by atoms with Crippen LogP contribution in [0.15, 0.2) is 86.5 Å². The second-order valence-electron chi connectivity index (χ2n) is 8.92. The number of aromatic nitrogens is 2. The minimum absolute atomic E-state index is 0.200. The molecule has 1 saturated heterocycles.